The number of benzene rings is 18. The van der Waals surface area contributed by atoms with Crippen molar-refractivity contribution < 1.29 is 13.3 Å². The van der Waals surface area contributed by atoms with E-state index in [0.29, 0.717) is 0 Å². The fourth-order valence-corrected chi connectivity index (χ4v) is 17.5. The highest BCUT2D eigenvalue weighted by Crippen LogP contribution is 2.46. The number of hydrogen-bond acceptors (Lipinski definition) is 3. The van der Waals surface area contributed by atoms with Crippen molar-refractivity contribution >= 4 is 131 Å². The van der Waals surface area contributed by atoms with E-state index in [-0.39, 0.29) is 0 Å². The van der Waals surface area contributed by atoms with E-state index >= 15 is 0 Å². The van der Waals surface area contributed by atoms with E-state index in [2.05, 4.69) is 408 Å². The minimum absolute atomic E-state index is 0.908. The Kier molecular flexibility index (Phi) is 15.8. The third-order valence-electron chi connectivity index (χ3n) is 22.7. The quantitative estimate of drug-likeness (QED) is 0.145. The first kappa shape index (κ1) is 65.8. The minimum atomic E-state index is 0.908. The molecule has 6 aromatic heterocycles. The van der Waals surface area contributed by atoms with Gasteiger partial charge < -0.3 is 27.0 Å². The minimum Gasteiger partial charge on any atom is -0.456 e. The number of fused-ring (bicyclic) bond motifs is 20. The topological polar surface area (TPSA) is 54.2 Å². The van der Waals surface area contributed by atoms with Crippen LogP contribution in [0.1, 0.15) is 0 Å². The zero-order valence-electron chi connectivity index (χ0n) is 61.9. The van der Waals surface area contributed by atoms with Gasteiger partial charge in [-0.15, -0.1) is 0 Å². The number of nitrogens with zero attached hydrogens (tertiary/aromatic N) is 3. The first-order chi connectivity index (χ1) is 56.5. The van der Waals surface area contributed by atoms with Crippen LogP contribution in [0.4, 0.5) is 0 Å². The van der Waals surface area contributed by atoms with Crippen molar-refractivity contribution in [2.24, 2.45) is 0 Å². The molecule has 0 radical (unpaired) electrons. The van der Waals surface area contributed by atoms with Gasteiger partial charge >= 0.3 is 0 Å². The molecule has 6 heterocycles. The van der Waals surface area contributed by atoms with Crippen LogP contribution in [0, 0.1) is 0 Å². The first-order valence-electron chi connectivity index (χ1n) is 38.8. The Balaban J connectivity index is 0.000000104. The molecule has 24 rings (SSSR count). The monoisotopic (exact) mass is 1460 g/mol. The smallest absolute Gasteiger partial charge is 0.160 e. The predicted octanol–water partition coefficient (Wildman–Crippen LogP) is 30.1. The summed E-state index contributed by atoms with van der Waals surface area (Å²) in [7, 11) is 0. The van der Waals surface area contributed by atoms with E-state index in [9.17, 15) is 0 Å². The maximum Gasteiger partial charge on any atom is 0.160 e. The first-order valence-corrected chi connectivity index (χ1v) is 38.8. The molecule has 0 saturated heterocycles. The van der Waals surface area contributed by atoms with Crippen LogP contribution in [0.15, 0.2) is 432 Å². The average Bonchev–Trinajstić information content (AvgIpc) is 1.58. The van der Waals surface area contributed by atoms with Gasteiger partial charge in [0.1, 0.15) is 27.9 Å². The molecule has 18 aromatic carbocycles. The van der Waals surface area contributed by atoms with E-state index in [4.69, 9.17) is 13.3 Å². The Morgan fingerprint density at radius 1 is 0.149 bits per heavy atom. The van der Waals surface area contributed by atoms with Gasteiger partial charge in [0.05, 0.1) is 38.5 Å². The van der Waals surface area contributed by atoms with Crippen LogP contribution in [0.3, 0.4) is 0 Å². The molecule has 6 heteroatoms. The van der Waals surface area contributed by atoms with Crippen LogP contribution in [-0.2, 0) is 0 Å². The molecule has 0 atom stereocenters. The van der Waals surface area contributed by atoms with Gasteiger partial charge in [0.25, 0.3) is 0 Å². The Bertz CT molecular complexity index is 7500. The second-order valence-electron chi connectivity index (χ2n) is 29.4. The second kappa shape index (κ2) is 27.4. The number of para-hydroxylation sites is 6. The molecule has 0 unspecified atom stereocenters. The van der Waals surface area contributed by atoms with Crippen molar-refractivity contribution in [3.05, 3.63) is 419 Å². The molecule has 114 heavy (non-hydrogen) atoms. The highest BCUT2D eigenvalue weighted by molar-refractivity contribution is 6.25. The van der Waals surface area contributed by atoms with Crippen molar-refractivity contribution in [1.29, 1.82) is 0 Å². The molecular weight excluding hydrogens is 1390 g/mol. The molecule has 6 nitrogen and oxygen atoms in total. The Morgan fingerprint density at radius 2 is 0.456 bits per heavy atom. The largest absolute Gasteiger partial charge is 0.456 e. The molecule has 0 bridgehead atoms. The molecule has 0 aliphatic carbocycles. The Hall–Kier alpha value is -15.2. The number of furan rings is 3. The van der Waals surface area contributed by atoms with Gasteiger partial charge in [-0.25, -0.2) is 0 Å². The summed E-state index contributed by atoms with van der Waals surface area (Å²) in [6.07, 6.45) is 0. The molecule has 0 aliphatic heterocycles. The van der Waals surface area contributed by atoms with Crippen LogP contribution in [0.2, 0.25) is 0 Å². The number of aromatic nitrogens is 3. The Morgan fingerprint density at radius 3 is 0.904 bits per heavy atom. The fourth-order valence-electron chi connectivity index (χ4n) is 17.5. The van der Waals surface area contributed by atoms with Gasteiger partial charge in [-0.1, -0.05) is 297 Å². The van der Waals surface area contributed by atoms with Gasteiger partial charge in [-0.05, 0) is 182 Å². The summed E-state index contributed by atoms with van der Waals surface area (Å²) in [6.45, 7) is 0. The van der Waals surface area contributed by atoms with Crippen molar-refractivity contribution in [3.8, 4) is 83.8 Å². The van der Waals surface area contributed by atoms with E-state index in [1.54, 1.807) is 0 Å². The highest BCUT2D eigenvalue weighted by atomic mass is 16.3. The SMILES string of the molecule is c1ccc(-c2cc(-c3ccccc3)cc(-n3c4ccccc4c4c5oc6ccccc6c5ccc43)c2)cc1.c1ccc(-c2cc(-c3ccccc3)cc(-n3c4ccccc4c4cc5c(cc43)oc3ccccc35)c2)cc1.c1ccc(-c2cc(-c3ccccc3)cc(-n3c4ccccc4c4ccc5c6ccccc6oc5c43)c2)cc1. The normalized spacial score (nSPS) is 11.7. The van der Waals surface area contributed by atoms with Crippen LogP contribution in [0.5, 0.6) is 0 Å². The summed E-state index contributed by atoms with van der Waals surface area (Å²) in [5, 5.41) is 14.1. The molecular formula is C108H69N3O3. The van der Waals surface area contributed by atoms with Gasteiger partial charge in [-0.3, -0.25) is 0 Å². The maximum absolute atomic E-state index is 6.57. The molecule has 0 saturated carbocycles. The third-order valence-corrected chi connectivity index (χ3v) is 22.7. The van der Waals surface area contributed by atoms with Gasteiger partial charge in [-0.2, -0.15) is 0 Å². The molecule has 24 aromatic rings. The van der Waals surface area contributed by atoms with Gasteiger partial charge in [0.15, 0.2) is 5.58 Å². The van der Waals surface area contributed by atoms with E-state index in [1.165, 1.54) is 110 Å². The summed E-state index contributed by atoms with van der Waals surface area (Å²) in [5.41, 5.74) is 30.1. The van der Waals surface area contributed by atoms with Crippen molar-refractivity contribution in [2.45, 2.75) is 0 Å². The van der Waals surface area contributed by atoms with Crippen molar-refractivity contribution in [1.82, 2.24) is 13.7 Å². The lowest BCUT2D eigenvalue weighted by Crippen LogP contribution is -1.96. The summed E-state index contributed by atoms with van der Waals surface area (Å²) >= 11 is 0. The molecule has 0 amide bonds. The van der Waals surface area contributed by atoms with Crippen LogP contribution in [-0.4, -0.2) is 13.7 Å². The standard InChI is InChI=1S/3C36H23NO/c1-3-11-24(12-4-1)26-21-27(25-13-5-2-6-14-25)23-28(22-26)37-32-17-9-7-16-31(32)35-33(37)20-19-30-29-15-8-10-18-34(29)38-36(30)35;1-3-11-24(12-4-1)26-19-27(25-13-5-2-6-14-25)21-28(20-26)37-33-17-9-7-15-29(33)31-22-32-30-16-8-10-18-35(30)38-36(32)23-34(31)37;1-3-11-24(12-4-1)26-21-27(25-13-5-2-6-14-25)23-28(22-26)37-33-17-9-7-15-29(33)31-19-20-32-30-16-8-10-18-34(30)38-36(32)35(31)37/h3*1-23H. The van der Waals surface area contributed by atoms with Gasteiger partial charge in [0.2, 0.25) is 0 Å². The lowest BCUT2D eigenvalue weighted by molar-refractivity contribution is 0.669. The lowest BCUT2D eigenvalue weighted by atomic mass is 9.98. The zero-order chi connectivity index (χ0) is 75.2. The molecule has 0 fully saturated rings. The average molecular weight is 1460 g/mol. The summed E-state index contributed by atoms with van der Waals surface area (Å²) in [5.74, 6) is 0. The number of hydrogen-bond donors (Lipinski definition) is 0. The predicted molar refractivity (Wildman–Crippen MR) is 477 cm³/mol. The molecule has 0 aliphatic rings. The van der Waals surface area contributed by atoms with Crippen molar-refractivity contribution in [2.75, 3.05) is 0 Å². The van der Waals surface area contributed by atoms with Crippen molar-refractivity contribution in [3.63, 3.8) is 0 Å². The van der Waals surface area contributed by atoms with Crippen LogP contribution < -0.4 is 0 Å². The summed E-state index contributed by atoms with van der Waals surface area (Å²) in [4.78, 5) is 0. The number of rotatable bonds is 9. The molecule has 534 valence electrons. The second-order valence-corrected chi connectivity index (χ2v) is 29.4. The van der Waals surface area contributed by atoms with Gasteiger partial charge in [0, 0.05) is 82.4 Å². The van der Waals surface area contributed by atoms with E-state index in [1.807, 2.05) is 24.3 Å². The van der Waals surface area contributed by atoms with E-state index in [0.717, 1.165) is 105 Å². The fraction of sp³-hybridized carbons (Fsp3) is 0. The summed E-state index contributed by atoms with van der Waals surface area (Å²) < 4.78 is 26.5. The summed E-state index contributed by atoms with van der Waals surface area (Å²) in [6, 6.07) is 149. The lowest BCUT2D eigenvalue weighted by Gasteiger charge is -2.14. The third kappa shape index (κ3) is 11.3. The molecule has 0 spiro atoms. The van der Waals surface area contributed by atoms with Crippen LogP contribution in [0.25, 0.3) is 215 Å². The maximum atomic E-state index is 6.57. The van der Waals surface area contributed by atoms with E-state index < -0.39 is 0 Å². The zero-order valence-corrected chi connectivity index (χ0v) is 61.9. The van der Waals surface area contributed by atoms with Crippen LogP contribution >= 0.6 is 0 Å². The highest BCUT2D eigenvalue weighted by Gasteiger charge is 2.24. The Labute approximate surface area is 656 Å². The molecule has 0 N–H and O–H groups in total.